The maximum Gasteiger partial charge on any atom is 0.312 e. The lowest BCUT2D eigenvalue weighted by molar-refractivity contribution is -0.386. The van der Waals surface area contributed by atoms with Gasteiger partial charge in [-0.05, 0) is 64.0 Å². The number of carbonyl (C=O) groups excluding carboxylic acids is 1. The number of rotatable bonds is 4. The third kappa shape index (κ3) is 4.59. The summed E-state index contributed by atoms with van der Waals surface area (Å²) in [6.07, 6.45) is 0. The van der Waals surface area contributed by atoms with E-state index in [1.807, 2.05) is 32.0 Å². The minimum Gasteiger partial charge on any atom is -0.331 e. The lowest BCUT2D eigenvalue weighted by atomic mass is 10.1. The number of nitrogens with zero attached hydrogens (tertiary/aromatic N) is 3. The third-order valence-electron chi connectivity index (χ3n) is 4.16. The first kappa shape index (κ1) is 20.3. The molecule has 27 heavy (non-hydrogen) atoms. The number of thiocarbonyl (C=S) groups is 1. The first-order valence-corrected chi connectivity index (χ1v) is 8.66. The van der Waals surface area contributed by atoms with Crippen molar-refractivity contribution in [1.29, 1.82) is 0 Å². The van der Waals surface area contributed by atoms with Crippen molar-refractivity contribution in [3.05, 3.63) is 50.8 Å². The quantitative estimate of drug-likeness (QED) is 0.418. The van der Waals surface area contributed by atoms with Crippen LogP contribution in [0.15, 0.2) is 18.2 Å². The van der Waals surface area contributed by atoms with E-state index in [2.05, 4.69) is 21.3 Å². The van der Waals surface area contributed by atoms with Crippen LogP contribution in [0.1, 0.15) is 35.5 Å². The third-order valence-corrected chi connectivity index (χ3v) is 4.36. The number of carbonyl (C=O) groups is 1. The first-order valence-electron chi connectivity index (χ1n) is 8.26. The molecule has 0 saturated carbocycles. The molecule has 0 bridgehead atoms. The summed E-state index contributed by atoms with van der Waals surface area (Å²) in [6.45, 7) is 8.61. The largest absolute Gasteiger partial charge is 0.331 e. The maximum atomic E-state index is 12.4. The molecule has 1 amide bonds. The van der Waals surface area contributed by atoms with Gasteiger partial charge in [0.25, 0.3) is 5.91 Å². The van der Waals surface area contributed by atoms with Gasteiger partial charge in [-0.15, -0.1) is 0 Å². The molecule has 9 nitrogen and oxygen atoms in total. The molecule has 2 aromatic rings. The molecule has 0 aliphatic heterocycles. The molecule has 10 heteroatoms. The SMILES string of the molecule is Cc1ccc(C)c(NC(=S)NNC(=O)[C@@H](C)n2nc(C)c([N+](=O)[O-])c2C)c1. The van der Waals surface area contributed by atoms with Gasteiger partial charge in [0.1, 0.15) is 17.4 Å². The van der Waals surface area contributed by atoms with Crippen LogP contribution >= 0.6 is 12.2 Å². The van der Waals surface area contributed by atoms with Crippen LogP contribution in [0.3, 0.4) is 0 Å². The van der Waals surface area contributed by atoms with Gasteiger partial charge in [-0.1, -0.05) is 12.1 Å². The summed E-state index contributed by atoms with van der Waals surface area (Å²) in [5, 5.41) is 18.5. The molecule has 1 aromatic heterocycles. The van der Waals surface area contributed by atoms with Gasteiger partial charge in [-0.25, -0.2) is 0 Å². The highest BCUT2D eigenvalue weighted by Gasteiger charge is 2.27. The van der Waals surface area contributed by atoms with E-state index in [4.69, 9.17) is 12.2 Å². The standard InChI is InChI=1S/C17H22N6O3S/c1-9-6-7-10(2)14(8-9)18-17(27)20-19-16(24)13(5)22-12(4)15(23(25)26)11(3)21-22/h6-8,13H,1-5H3,(H,19,24)(H2,18,20,27)/t13-/m1/s1. The Morgan fingerprint density at radius 2 is 1.93 bits per heavy atom. The molecule has 1 aromatic carbocycles. The van der Waals surface area contributed by atoms with Crippen LogP contribution < -0.4 is 16.2 Å². The van der Waals surface area contributed by atoms with E-state index >= 15 is 0 Å². The molecule has 0 saturated heterocycles. The molecule has 0 aliphatic carbocycles. The van der Waals surface area contributed by atoms with Crippen molar-refractivity contribution in [2.75, 3.05) is 5.32 Å². The Balaban J connectivity index is 2.01. The second-order valence-electron chi connectivity index (χ2n) is 6.28. The van der Waals surface area contributed by atoms with Crippen LogP contribution in [0.5, 0.6) is 0 Å². The van der Waals surface area contributed by atoms with E-state index in [1.54, 1.807) is 13.8 Å². The summed E-state index contributed by atoms with van der Waals surface area (Å²) in [5.74, 6) is -0.430. The summed E-state index contributed by atoms with van der Waals surface area (Å²) >= 11 is 5.20. The van der Waals surface area contributed by atoms with Crippen LogP contribution in [-0.4, -0.2) is 25.7 Å². The summed E-state index contributed by atoms with van der Waals surface area (Å²) in [7, 11) is 0. The zero-order chi connectivity index (χ0) is 20.3. The van der Waals surface area contributed by atoms with Crippen molar-refractivity contribution in [1.82, 2.24) is 20.6 Å². The molecule has 0 fully saturated rings. The van der Waals surface area contributed by atoms with Crippen molar-refractivity contribution in [3.63, 3.8) is 0 Å². The van der Waals surface area contributed by atoms with Crippen LogP contribution in [0.25, 0.3) is 0 Å². The number of hydrazine groups is 1. The van der Waals surface area contributed by atoms with E-state index in [9.17, 15) is 14.9 Å². The fourth-order valence-electron chi connectivity index (χ4n) is 2.65. The number of hydrogen-bond acceptors (Lipinski definition) is 5. The lowest BCUT2D eigenvalue weighted by Gasteiger charge is -2.17. The van der Waals surface area contributed by atoms with E-state index in [0.717, 1.165) is 16.8 Å². The van der Waals surface area contributed by atoms with E-state index in [-0.39, 0.29) is 16.5 Å². The van der Waals surface area contributed by atoms with Gasteiger partial charge in [0, 0.05) is 5.69 Å². The Bertz CT molecular complexity index is 908. The number of aromatic nitrogens is 2. The average molecular weight is 390 g/mol. The molecule has 0 unspecified atom stereocenters. The normalized spacial score (nSPS) is 11.6. The predicted molar refractivity (Wildman–Crippen MR) is 106 cm³/mol. The van der Waals surface area contributed by atoms with E-state index in [0.29, 0.717) is 5.69 Å². The number of benzene rings is 1. The van der Waals surface area contributed by atoms with Crippen molar-refractivity contribution in [3.8, 4) is 0 Å². The topological polar surface area (TPSA) is 114 Å². The molecule has 0 aliphatic rings. The van der Waals surface area contributed by atoms with Crippen molar-refractivity contribution in [2.24, 2.45) is 0 Å². The van der Waals surface area contributed by atoms with E-state index < -0.39 is 16.9 Å². The highest BCUT2D eigenvalue weighted by Crippen LogP contribution is 2.24. The van der Waals surface area contributed by atoms with Gasteiger partial charge < -0.3 is 5.32 Å². The minimum atomic E-state index is -0.756. The first-order chi connectivity index (χ1) is 12.6. The highest BCUT2D eigenvalue weighted by molar-refractivity contribution is 7.80. The Labute approximate surface area is 162 Å². The second kappa shape index (κ2) is 8.12. The van der Waals surface area contributed by atoms with Crippen LogP contribution in [0, 0.1) is 37.8 Å². The fourth-order valence-corrected chi connectivity index (χ4v) is 2.81. The second-order valence-corrected chi connectivity index (χ2v) is 6.69. The molecule has 0 spiro atoms. The van der Waals surface area contributed by atoms with Gasteiger partial charge in [0.2, 0.25) is 0 Å². The van der Waals surface area contributed by atoms with Crippen LogP contribution in [-0.2, 0) is 4.79 Å². The molecule has 0 radical (unpaired) electrons. The number of aryl methyl sites for hydroxylation is 3. The summed E-state index contributed by atoms with van der Waals surface area (Å²) < 4.78 is 1.33. The Hall–Kier alpha value is -3.01. The number of anilines is 1. The van der Waals surface area contributed by atoms with Gasteiger partial charge in [-0.3, -0.25) is 30.4 Å². The smallest absolute Gasteiger partial charge is 0.312 e. The fraction of sp³-hybridized carbons (Fsp3) is 0.353. The minimum absolute atomic E-state index is 0.0882. The van der Waals surface area contributed by atoms with Crippen molar-refractivity contribution in [2.45, 2.75) is 40.7 Å². The lowest BCUT2D eigenvalue weighted by Crippen LogP contribution is -2.46. The zero-order valence-corrected chi connectivity index (χ0v) is 16.6. The number of nitro groups is 1. The van der Waals surface area contributed by atoms with Crippen molar-refractivity contribution >= 4 is 34.6 Å². The summed E-state index contributed by atoms with van der Waals surface area (Å²) in [5.41, 5.74) is 8.55. The van der Waals surface area contributed by atoms with Crippen LogP contribution in [0.4, 0.5) is 11.4 Å². The predicted octanol–water partition coefficient (Wildman–Crippen LogP) is 2.60. The molecule has 3 N–H and O–H groups in total. The molecule has 1 atom stereocenters. The van der Waals surface area contributed by atoms with Gasteiger partial charge in [-0.2, -0.15) is 5.10 Å². The molecular weight excluding hydrogens is 368 g/mol. The molecule has 2 rings (SSSR count). The van der Waals surface area contributed by atoms with E-state index in [1.165, 1.54) is 11.6 Å². The molecule has 144 valence electrons. The summed E-state index contributed by atoms with van der Waals surface area (Å²) in [4.78, 5) is 23.0. The van der Waals surface area contributed by atoms with Gasteiger partial charge >= 0.3 is 5.69 Å². The highest BCUT2D eigenvalue weighted by atomic mass is 32.1. The number of nitrogens with one attached hydrogen (secondary N) is 3. The maximum absolute atomic E-state index is 12.4. The zero-order valence-electron chi connectivity index (χ0n) is 15.8. The Morgan fingerprint density at radius 1 is 1.26 bits per heavy atom. The Kier molecular flexibility index (Phi) is 6.11. The van der Waals surface area contributed by atoms with Gasteiger partial charge in [0.05, 0.1) is 4.92 Å². The summed E-state index contributed by atoms with van der Waals surface area (Å²) in [6, 6.07) is 5.15. The average Bonchev–Trinajstić information content (AvgIpc) is 2.89. The van der Waals surface area contributed by atoms with Crippen LogP contribution in [0.2, 0.25) is 0 Å². The Morgan fingerprint density at radius 3 is 2.52 bits per heavy atom. The molecule has 1 heterocycles. The molecular formula is C17H22N6O3S. The number of amides is 1. The van der Waals surface area contributed by atoms with Gasteiger partial charge in [0.15, 0.2) is 5.11 Å². The monoisotopic (exact) mass is 390 g/mol. The van der Waals surface area contributed by atoms with Crippen molar-refractivity contribution < 1.29 is 9.72 Å². The number of hydrogen-bond donors (Lipinski definition) is 3.